The maximum atomic E-state index is 13.3. The van der Waals surface area contributed by atoms with Crippen molar-refractivity contribution in [2.45, 2.75) is 89.5 Å². The number of benzene rings is 2. The Morgan fingerprint density at radius 3 is 2.57 bits per heavy atom. The molecule has 4 aromatic heterocycles. The monoisotopic (exact) mass is 1430 g/mol. The second-order valence-electron chi connectivity index (χ2n) is 21.6. The van der Waals surface area contributed by atoms with Crippen LogP contribution < -0.4 is 36.2 Å². The number of ketones is 1. The van der Waals surface area contributed by atoms with Crippen molar-refractivity contribution in [1.82, 2.24) is 25.2 Å². The van der Waals surface area contributed by atoms with Crippen LogP contribution in [0.1, 0.15) is 78.4 Å². The van der Waals surface area contributed by atoms with Crippen molar-refractivity contribution in [3.8, 4) is 28.7 Å². The van der Waals surface area contributed by atoms with Crippen molar-refractivity contribution in [1.29, 1.82) is 0 Å². The minimum absolute atomic E-state index is 0.00250. The summed E-state index contributed by atoms with van der Waals surface area (Å²) in [6, 6.07) is 15.6. The Kier molecular flexibility index (Phi) is 26.4. The second-order valence-corrected chi connectivity index (χ2v) is 27.6. The highest BCUT2D eigenvalue weighted by Crippen LogP contribution is 2.66. The number of nitrogen functional groups attached to an aromatic ring is 1. The van der Waals surface area contributed by atoms with Crippen LogP contribution in [-0.2, 0) is 78.5 Å². The lowest BCUT2D eigenvalue weighted by Gasteiger charge is -2.31. The number of phosphoric ester groups is 1. The number of Topliss-reactive ketones (excluding diaryl/α,β-unsaturated/α-hetero) is 1. The number of hydrogen-bond acceptors (Lipinski definition) is 25. The summed E-state index contributed by atoms with van der Waals surface area (Å²) in [5, 5.41) is 13.3. The van der Waals surface area contributed by atoms with Crippen LogP contribution in [0.4, 0.5) is 11.5 Å². The molecule has 41 heteroatoms. The van der Waals surface area contributed by atoms with Gasteiger partial charge in [0.25, 0.3) is 5.91 Å². The summed E-state index contributed by atoms with van der Waals surface area (Å²) in [5.41, 5.74) is 28.6. The molecule has 0 bridgehead atoms. The van der Waals surface area contributed by atoms with E-state index in [-0.39, 0.29) is 91.7 Å². The quantitative estimate of drug-likeness (QED) is 0.00308. The SMILES string of the molecule is Cc1cc(-c2cc3cc4c(cc3oc2=O)N(CCCC(=O)CCCNC(=O)c2cccc(OCC(N=[N+]=[N-])OCCOCC(=O)NCC#Cc3cn([C@H]5C[C@@H](OCN=[N+]=[N-])[C@@H](COP(=O)(O)OP(=O)(O)OP(=O)(O)O)O5)c5ncnc(N)c35)c2)CCC4)cc[n+]1CCCS(=O)(=O)[O-]. The molecule has 0 radical (unpaired) electrons. The molecule has 520 valence electrons. The number of nitrogens with one attached hydrogen (secondary N) is 2. The van der Waals surface area contributed by atoms with Gasteiger partial charge < -0.3 is 78.1 Å². The third-order valence-electron chi connectivity index (χ3n) is 14.7. The number of aryl methyl sites for hydroxylation is 3. The topological polar surface area (TPSA) is 530 Å². The number of ether oxygens (including phenoxy) is 5. The van der Waals surface area contributed by atoms with E-state index in [0.29, 0.717) is 49.1 Å². The summed E-state index contributed by atoms with van der Waals surface area (Å²) in [6.07, 6.45) is 3.34. The number of pyridine rings is 1. The zero-order valence-corrected chi connectivity index (χ0v) is 55.2. The Labute approximate surface area is 551 Å². The highest BCUT2D eigenvalue weighted by atomic mass is 32.2. The highest BCUT2D eigenvalue weighted by Gasteiger charge is 2.44. The van der Waals surface area contributed by atoms with E-state index in [4.69, 9.17) is 59.2 Å². The second kappa shape index (κ2) is 34.3. The van der Waals surface area contributed by atoms with Gasteiger partial charge in [0.05, 0.1) is 59.1 Å². The molecule has 0 aliphatic carbocycles. The molecular formula is C56H67N14O23P3S. The number of aromatic nitrogens is 4. The maximum absolute atomic E-state index is 13.3. The van der Waals surface area contributed by atoms with Crippen molar-refractivity contribution in [3.05, 3.63) is 127 Å². The first-order valence-electron chi connectivity index (χ1n) is 29.7. The molecule has 2 aromatic carbocycles. The van der Waals surface area contributed by atoms with Gasteiger partial charge in [-0.15, -0.1) is 0 Å². The van der Waals surface area contributed by atoms with Gasteiger partial charge in [-0.1, -0.05) is 28.1 Å². The zero-order valence-electron chi connectivity index (χ0n) is 51.7. The summed E-state index contributed by atoms with van der Waals surface area (Å²) < 4.78 is 118. The highest BCUT2D eigenvalue weighted by molar-refractivity contribution is 7.85. The summed E-state index contributed by atoms with van der Waals surface area (Å²) >= 11 is 0. The van der Waals surface area contributed by atoms with E-state index >= 15 is 0 Å². The van der Waals surface area contributed by atoms with Crippen molar-refractivity contribution in [2.75, 3.05) is 82.3 Å². The largest absolute Gasteiger partial charge is 0.748 e. The summed E-state index contributed by atoms with van der Waals surface area (Å²) in [6.45, 7) is 1.28. The molecule has 8 rings (SSSR count). The van der Waals surface area contributed by atoms with E-state index < -0.39 is 101 Å². The molecule has 2 amide bonds. The minimum Gasteiger partial charge on any atom is -0.748 e. The first-order chi connectivity index (χ1) is 46.2. The lowest BCUT2D eigenvalue weighted by Crippen LogP contribution is -2.37. The lowest BCUT2D eigenvalue weighted by molar-refractivity contribution is -0.702. The number of phosphoric acid groups is 3. The number of azide groups is 2. The lowest BCUT2D eigenvalue weighted by atomic mass is 9.98. The number of carbonyl (C=O) groups is 3. The average Bonchev–Trinajstić information content (AvgIpc) is 1.76. The Morgan fingerprint density at radius 1 is 1.00 bits per heavy atom. The molecule has 97 heavy (non-hydrogen) atoms. The molecule has 0 saturated carbocycles. The van der Waals surface area contributed by atoms with Gasteiger partial charge in [0.15, 0.2) is 18.1 Å². The van der Waals surface area contributed by atoms with E-state index in [1.54, 1.807) is 30.5 Å². The van der Waals surface area contributed by atoms with Crippen molar-refractivity contribution in [2.24, 2.45) is 10.2 Å². The Bertz CT molecular complexity index is 4360. The van der Waals surface area contributed by atoms with E-state index in [9.17, 15) is 55.6 Å². The van der Waals surface area contributed by atoms with Gasteiger partial charge in [0.1, 0.15) is 73.7 Å². The first-order valence-corrected chi connectivity index (χ1v) is 35.8. The average molecular weight is 1430 g/mol. The van der Waals surface area contributed by atoms with Gasteiger partial charge in [-0.05, 0) is 72.6 Å². The summed E-state index contributed by atoms with van der Waals surface area (Å²) in [5.74, 6) is 4.55. The van der Waals surface area contributed by atoms with Gasteiger partial charge >= 0.3 is 29.1 Å². The van der Waals surface area contributed by atoms with Gasteiger partial charge in [-0.25, -0.2) is 41.4 Å². The number of amides is 2. The molecule has 8 N–H and O–H groups in total. The zero-order chi connectivity index (χ0) is 69.9. The van der Waals surface area contributed by atoms with Crippen molar-refractivity contribution < 1.29 is 106 Å². The van der Waals surface area contributed by atoms with E-state index in [2.05, 4.69) is 66.0 Å². The Morgan fingerprint density at radius 2 is 1.80 bits per heavy atom. The van der Waals surface area contributed by atoms with Gasteiger partial charge in [-0.3, -0.25) is 18.9 Å². The van der Waals surface area contributed by atoms with Gasteiger partial charge in [0.2, 0.25) is 5.91 Å². The van der Waals surface area contributed by atoms with Gasteiger partial charge in [-0.2, -0.15) is 8.62 Å². The fraction of sp³-hybridized carbons (Fsp3) is 0.446. The number of rotatable bonds is 36. The molecule has 6 atom stereocenters. The molecule has 2 aliphatic rings. The van der Waals surface area contributed by atoms with E-state index in [0.717, 1.165) is 48.0 Å². The van der Waals surface area contributed by atoms with Crippen molar-refractivity contribution in [3.63, 3.8) is 0 Å². The van der Waals surface area contributed by atoms with Crippen LogP contribution in [0.25, 0.3) is 54.0 Å². The molecule has 1 saturated heterocycles. The predicted octanol–water partition coefficient (Wildman–Crippen LogP) is 5.13. The van der Waals surface area contributed by atoms with Crippen LogP contribution in [0.2, 0.25) is 0 Å². The number of hydrogen-bond donors (Lipinski definition) is 7. The Balaban J connectivity index is 0.722. The number of anilines is 2. The van der Waals surface area contributed by atoms with Crippen LogP contribution in [-0.4, -0.2) is 155 Å². The number of nitrogens with zero attached hydrogens (tertiary/aromatic N) is 11. The Hall–Kier alpha value is -8.23. The summed E-state index contributed by atoms with van der Waals surface area (Å²) in [7, 11) is -21.4. The smallest absolute Gasteiger partial charge is 0.490 e. The fourth-order valence-electron chi connectivity index (χ4n) is 10.4. The molecule has 2 aliphatic heterocycles. The number of carbonyl (C=O) groups excluding carboxylic acids is 3. The molecule has 6 heterocycles. The van der Waals surface area contributed by atoms with Crippen LogP contribution in [0.5, 0.6) is 5.75 Å². The van der Waals surface area contributed by atoms with Crippen LogP contribution in [0, 0.1) is 18.8 Å². The number of nitrogens with two attached hydrogens (primary N) is 1. The third kappa shape index (κ3) is 22.7. The standard InChI is InChI=1S/C56H67N14O23P3S/c1-36-24-37(14-20-68(36)19-7-23-97(82,83)84)44-27-41-25-38-10-5-17-69(45(38)28-46(41)91-56(44)74)18-6-12-42(71)11-4-16-61-55(73)39-8-2-13-43(26-39)87-33-50(65-67-59)86-22-21-85-32-49(72)60-15-3-9-40-30-70(54-52(40)53(57)62-34-63-54)51-29-47(88-35-64-66-58)48(90-51)31-89-95(78,79)93-96(80,81)92-94(75,76)77/h2,8,13-14,20,24-28,30,34,47-48,50-51H,4-7,10-12,15-19,21-23,29,31-33,35H2,1H3,(H8-,57,60,61,62,63,72,73,75,76,77,78,79,80,81,82,83,84)/t47-,48-,50?,51-/m1/s1. The molecule has 6 aromatic rings. The minimum atomic E-state index is -5.83. The van der Waals surface area contributed by atoms with Crippen LogP contribution >= 0.6 is 23.5 Å². The predicted molar refractivity (Wildman–Crippen MR) is 339 cm³/mol. The molecular weight excluding hydrogens is 1360 g/mol. The van der Waals surface area contributed by atoms with Gasteiger partial charge in [0, 0.05) is 114 Å². The van der Waals surface area contributed by atoms with Crippen LogP contribution in [0.15, 0.2) is 92.8 Å². The third-order valence-corrected chi connectivity index (χ3v) is 19.3. The molecule has 0 spiro atoms. The molecule has 37 nitrogen and oxygen atoms in total. The normalized spacial score (nSPS) is 17.0. The summed E-state index contributed by atoms with van der Waals surface area (Å²) in [4.78, 5) is 105. The maximum Gasteiger partial charge on any atom is 0.490 e. The first kappa shape index (κ1) is 74.6. The van der Waals surface area contributed by atoms with Crippen molar-refractivity contribution >= 4 is 84.7 Å². The van der Waals surface area contributed by atoms with E-state index in [1.165, 1.54) is 16.8 Å². The van der Waals surface area contributed by atoms with E-state index in [1.807, 2.05) is 35.8 Å². The fourth-order valence-corrected chi connectivity index (χ4v) is 13.9. The number of fused-ring (bicyclic) bond motifs is 3. The van der Waals surface area contributed by atoms with Crippen LogP contribution in [0.3, 0.4) is 0 Å². The molecule has 3 unspecified atom stereocenters. The molecule has 1 fully saturated rings.